The zero-order valence-corrected chi connectivity index (χ0v) is 7.28. The van der Waals surface area contributed by atoms with Crippen molar-refractivity contribution in [1.29, 1.82) is 0 Å². The fourth-order valence-corrected chi connectivity index (χ4v) is 1.43. The van der Waals surface area contributed by atoms with Crippen LogP contribution in [0.25, 0.3) is 0 Å². The Morgan fingerprint density at radius 1 is 1.21 bits per heavy atom. The molecule has 76 valence electrons. The van der Waals surface area contributed by atoms with Gasteiger partial charge in [-0.05, 0) is 17.7 Å². The standard InChI is InChI=1S/C9H9F3N2/c10-9(11,12)7-2-1-6-4-13-5-14-8(6)3-7/h1-3,13-14H,4-5H2. The van der Waals surface area contributed by atoms with E-state index in [4.69, 9.17) is 0 Å². The SMILES string of the molecule is FC(F)(F)c1ccc2c(c1)NCNC2. The molecule has 0 aliphatic carbocycles. The molecule has 1 aliphatic rings. The van der Waals surface area contributed by atoms with E-state index in [0.29, 0.717) is 18.9 Å². The average molecular weight is 202 g/mol. The van der Waals surface area contributed by atoms with Crippen LogP contribution in [0.2, 0.25) is 0 Å². The molecule has 0 radical (unpaired) electrons. The summed E-state index contributed by atoms with van der Waals surface area (Å²) in [5, 5.41) is 5.87. The Hall–Kier alpha value is -1.23. The van der Waals surface area contributed by atoms with E-state index in [1.165, 1.54) is 6.07 Å². The molecule has 2 N–H and O–H groups in total. The quantitative estimate of drug-likeness (QED) is 0.673. The topological polar surface area (TPSA) is 24.1 Å². The zero-order chi connectivity index (χ0) is 10.2. The molecule has 0 saturated heterocycles. The van der Waals surface area contributed by atoms with Crippen LogP contribution < -0.4 is 10.6 Å². The van der Waals surface area contributed by atoms with Crippen molar-refractivity contribution in [2.45, 2.75) is 12.7 Å². The molecule has 0 amide bonds. The van der Waals surface area contributed by atoms with Crippen molar-refractivity contribution in [3.8, 4) is 0 Å². The predicted molar refractivity (Wildman–Crippen MR) is 46.8 cm³/mol. The Bertz CT molecular complexity index is 346. The molecular weight excluding hydrogens is 193 g/mol. The van der Waals surface area contributed by atoms with Crippen LogP contribution in [-0.2, 0) is 12.7 Å². The zero-order valence-electron chi connectivity index (χ0n) is 7.28. The third kappa shape index (κ3) is 1.68. The number of rotatable bonds is 0. The summed E-state index contributed by atoms with van der Waals surface area (Å²) in [6.07, 6.45) is -4.26. The number of hydrogen-bond donors (Lipinski definition) is 2. The average Bonchev–Trinajstić information content (AvgIpc) is 2.16. The lowest BCUT2D eigenvalue weighted by molar-refractivity contribution is -0.137. The first-order valence-corrected chi connectivity index (χ1v) is 4.22. The van der Waals surface area contributed by atoms with Crippen molar-refractivity contribution in [2.75, 3.05) is 12.0 Å². The van der Waals surface area contributed by atoms with Gasteiger partial charge in [-0.25, -0.2) is 0 Å². The molecule has 0 saturated carbocycles. The van der Waals surface area contributed by atoms with Gasteiger partial charge >= 0.3 is 6.18 Å². The highest BCUT2D eigenvalue weighted by Crippen LogP contribution is 2.32. The number of alkyl halides is 3. The van der Waals surface area contributed by atoms with Gasteiger partial charge in [0.1, 0.15) is 0 Å². The maximum atomic E-state index is 12.3. The molecule has 0 aromatic heterocycles. The molecule has 0 fully saturated rings. The van der Waals surface area contributed by atoms with Gasteiger partial charge in [0.2, 0.25) is 0 Å². The summed E-state index contributed by atoms with van der Waals surface area (Å²) in [5.74, 6) is 0. The van der Waals surface area contributed by atoms with Crippen LogP contribution in [-0.4, -0.2) is 6.67 Å². The van der Waals surface area contributed by atoms with E-state index in [2.05, 4.69) is 10.6 Å². The Morgan fingerprint density at radius 2 is 2.00 bits per heavy atom. The van der Waals surface area contributed by atoms with Gasteiger partial charge in [-0.2, -0.15) is 13.2 Å². The summed E-state index contributed by atoms with van der Waals surface area (Å²) in [6, 6.07) is 3.75. The highest BCUT2D eigenvalue weighted by molar-refractivity contribution is 5.55. The Balaban J connectivity index is 2.39. The summed E-state index contributed by atoms with van der Waals surface area (Å²) in [5.41, 5.74) is 0.827. The second-order valence-corrected chi connectivity index (χ2v) is 3.15. The van der Waals surface area contributed by atoms with Crippen LogP contribution in [0.15, 0.2) is 18.2 Å². The molecule has 0 atom stereocenters. The van der Waals surface area contributed by atoms with E-state index in [1.807, 2.05) is 0 Å². The first-order chi connectivity index (χ1) is 6.57. The van der Waals surface area contributed by atoms with Gasteiger partial charge in [-0.3, -0.25) is 5.32 Å². The van der Waals surface area contributed by atoms with E-state index in [1.54, 1.807) is 0 Å². The molecule has 1 aromatic rings. The number of fused-ring (bicyclic) bond motifs is 1. The van der Waals surface area contributed by atoms with Gasteiger partial charge in [0.15, 0.2) is 0 Å². The molecule has 14 heavy (non-hydrogen) atoms. The number of benzene rings is 1. The highest BCUT2D eigenvalue weighted by Gasteiger charge is 2.31. The summed E-state index contributed by atoms with van der Waals surface area (Å²) in [7, 11) is 0. The van der Waals surface area contributed by atoms with E-state index in [-0.39, 0.29) is 0 Å². The third-order valence-corrected chi connectivity index (χ3v) is 2.16. The molecule has 0 spiro atoms. The summed E-state index contributed by atoms with van der Waals surface area (Å²) >= 11 is 0. The third-order valence-electron chi connectivity index (χ3n) is 2.16. The van der Waals surface area contributed by atoms with Crippen LogP contribution in [0.5, 0.6) is 0 Å². The highest BCUT2D eigenvalue weighted by atomic mass is 19.4. The molecule has 2 rings (SSSR count). The Morgan fingerprint density at radius 3 is 2.71 bits per heavy atom. The Labute approximate surface area is 79.1 Å². The van der Waals surface area contributed by atoms with Crippen LogP contribution in [0.4, 0.5) is 18.9 Å². The minimum Gasteiger partial charge on any atom is -0.372 e. The monoisotopic (exact) mass is 202 g/mol. The lowest BCUT2D eigenvalue weighted by Crippen LogP contribution is -2.27. The van der Waals surface area contributed by atoms with Crippen LogP contribution in [0.3, 0.4) is 0 Å². The van der Waals surface area contributed by atoms with Crippen molar-refractivity contribution in [1.82, 2.24) is 5.32 Å². The van der Waals surface area contributed by atoms with Gasteiger partial charge in [-0.15, -0.1) is 0 Å². The fraction of sp³-hybridized carbons (Fsp3) is 0.333. The molecule has 1 aromatic carbocycles. The molecule has 2 nitrogen and oxygen atoms in total. The van der Waals surface area contributed by atoms with Gasteiger partial charge in [0.05, 0.1) is 12.2 Å². The van der Waals surface area contributed by atoms with Crippen molar-refractivity contribution < 1.29 is 13.2 Å². The number of halogens is 3. The normalized spacial score (nSPS) is 15.9. The first-order valence-electron chi connectivity index (χ1n) is 4.22. The van der Waals surface area contributed by atoms with Crippen molar-refractivity contribution >= 4 is 5.69 Å². The molecule has 1 aliphatic heterocycles. The maximum absolute atomic E-state index is 12.3. The summed E-state index contributed by atoms with van der Waals surface area (Å²) in [4.78, 5) is 0. The van der Waals surface area contributed by atoms with Crippen molar-refractivity contribution in [3.05, 3.63) is 29.3 Å². The minimum atomic E-state index is -4.26. The minimum absolute atomic E-state index is 0.508. The number of nitrogens with one attached hydrogen (secondary N) is 2. The van der Waals surface area contributed by atoms with Crippen LogP contribution in [0.1, 0.15) is 11.1 Å². The smallest absolute Gasteiger partial charge is 0.372 e. The van der Waals surface area contributed by atoms with Gasteiger partial charge in [-0.1, -0.05) is 6.07 Å². The summed E-state index contributed by atoms with van der Waals surface area (Å²) in [6.45, 7) is 1.12. The van der Waals surface area contributed by atoms with E-state index < -0.39 is 11.7 Å². The van der Waals surface area contributed by atoms with Gasteiger partial charge in [0, 0.05) is 12.2 Å². The number of anilines is 1. The van der Waals surface area contributed by atoms with Gasteiger partial charge in [0.25, 0.3) is 0 Å². The van der Waals surface area contributed by atoms with Crippen molar-refractivity contribution in [3.63, 3.8) is 0 Å². The molecular formula is C9H9F3N2. The lowest BCUT2D eigenvalue weighted by Gasteiger charge is -2.20. The molecule has 1 heterocycles. The Kier molecular flexibility index (Phi) is 2.11. The van der Waals surface area contributed by atoms with Gasteiger partial charge < -0.3 is 5.32 Å². The maximum Gasteiger partial charge on any atom is 0.416 e. The molecule has 0 bridgehead atoms. The van der Waals surface area contributed by atoms with Crippen LogP contribution >= 0.6 is 0 Å². The number of hydrogen-bond acceptors (Lipinski definition) is 2. The molecule has 5 heteroatoms. The van der Waals surface area contributed by atoms with Crippen molar-refractivity contribution in [2.24, 2.45) is 0 Å². The predicted octanol–water partition coefficient (Wildman–Crippen LogP) is 2.18. The largest absolute Gasteiger partial charge is 0.416 e. The lowest BCUT2D eigenvalue weighted by atomic mass is 10.1. The molecule has 0 unspecified atom stereocenters. The van der Waals surface area contributed by atoms with E-state index in [0.717, 1.165) is 17.7 Å². The second-order valence-electron chi connectivity index (χ2n) is 3.15. The van der Waals surface area contributed by atoms with Crippen LogP contribution in [0, 0.1) is 0 Å². The second kappa shape index (κ2) is 3.16. The first kappa shape index (κ1) is 9.33. The fourth-order valence-electron chi connectivity index (χ4n) is 1.43. The summed E-state index contributed by atoms with van der Waals surface area (Å²) < 4.78 is 36.9. The van der Waals surface area contributed by atoms with E-state index in [9.17, 15) is 13.2 Å². The van der Waals surface area contributed by atoms with E-state index >= 15 is 0 Å².